The summed E-state index contributed by atoms with van der Waals surface area (Å²) in [6.07, 6.45) is 0.925. The number of furan rings is 1. The minimum absolute atomic E-state index is 0.113. The van der Waals surface area contributed by atoms with Gasteiger partial charge in [-0.1, -0.05) is 12.1 Å². The lowest BCUT2D eigenvalue weighted by Gasteiger charge is -2.27. The molecule has 10 nitrogen and oxygen atoms in total. The van der Waals surface area contributed by atoms with Gasteiger partial charge in [-0.3, -0.25) is 9.10 Å². The topological polar surface area (TPSA) is 141 Å². The first-order chi connectivity index (χ1) is 23.2. The lowest BCUT2D eigenvalue weighted by Crippen LogP contribution is -2.34. The normalized spacial score (nSPS) is 12.1. The molecule has 0 saturated heterocycles. The predicted molar refractivity (Wildman–Crippen MR) is 186 cm³/mol. The summed E-state index contributed by atoms with van der Waals surface area (Å²) in [5.41, 5.74) is 8.11. The Morgan fingerprint density at radius 2 is 1.71 bits per heavy atom. The van der Waals surface area contributed by atoms with Crippen LogP contribution in [0.5, 0.6) is 5.75 Å². The molecule has 0 unspecified atom stereocenters. The van der Waals surface area contributed by atoms with Gasteiger partial charge >= 0.3 is 0 Å². The molecule has 2 heterocycles. The van der Waals surface area contributed by atoms with Gasteiger partial charge in [0.15, 0.2) is 5.58 Å². The molecule has 13 heteroatoms. The van der Waals surface area contributed by atoms with E-state index >= 15 is 0 Å². The summed E-state index contributed by atoms with van der Waals surface area (Å²) in [7, 11) is -1.02. The standard InChI is InChI=1S/C36H34F2N4O6S/c1-36(2,38)15-16-42(49(5,44)45)27-19-30-24(31(34(43)40-3)33(47-30)20-9-12-22(37)13-10-20)18-23(27)21-11-14-28(46-4)25(17-21)35-41-32-26(39)7-6-8-29(32)48-35/h6-14,17-19H,15-16,39H2,1-5H3,(H,40,43). The van der Waals surface area contributed by atoms with E-state index in [1.165, 1.54) is 58.3 Å². The molecule has 1 amide bonds. The molecule has 4 aromatic carbocycles. The second-order valence-corrected chi connectivity index (χ2v) is 14.1. The number of alkyl halides is 1. The first kappa shape index (κ1) is 33.5. The van der Waals surface area contributed by atoms with Crippen molar-refractivity contribution >= 4 is 49.4 Å². The zero-order valence-corrected chi connectivity index (χ0v) is 28.2. The molecule has 0 spiro atoms. The molecular formula is C36H34F2N4O6S. The van der Waals surface area contributed by atoms with E-state index in [2.05, 4.69) is 10.3 Å². The number of hydrogen-bond acceptors (Lipinski definition) is 8. The van der Waals surface area contributed by atoms with E-state index < -0.39 is 27.4 Å². The zero-order valence-electron chi connectivity index (χ0n) is 27.4. The molecule has 254 valence electrons. The summed E-state index contributed by atoms with van der Waals surface area (Å²) in [5, 5.41) is 3.00. The number of benzene rings is 4. The Bertz CT molecular complexity index is 2330. The van der Waals surface area contributed by atoms with Crippen molar-refractivity contribution < 1.29 is 35.6 Å². The largest absolute Gasteiger partial charge is 0.496 e. The summed E-state index contributed by atoms with van der Waals surface area (Å²) >= 11 is 0. The van der Waals surface area contributed by atoms with Crippen molar-refractivity contribution in [3.63, 3.8) is 0 Å². The average Bonchev–Trinajstić information content (AvgIpc) is 3.65. The Kier molecular flexibility index (Phi) is 8.57. The number of halogens is 2. The van der Waals surface area contributed by atoms with Gasteiger partial charge in [0.25, 0.3) is 5.91 Å². The number of nitrogens with one attached hydrogen (secondary N) is 1. The lowest BCUT2D eigenvalue weighted by atomic mass is 9.96. The quantitative estimate of drug-likeness (QED) is 0.141. The molecule has 0 saturated carbocycles. The highest BCUT2D eigenvalue weighted by molar-refractivity contribution is 7.92. The number of hydrogen-bond donors (Lipinski definition) is 2. The molecule has 2 aromatic heterocycles. The van der Waals surface area contributed by atoms with Crippen molar-refractivity contribution in [3.05, 3.63) is 84.2 Å². The van der Waals surface area contributed by atoms with Gasteiger partial charge in [-0.25, -0.2) is 22.2 Å². The molecule has 0 fully saturated rings. The molecule has 0 aliphatic carbocycles. The number of ether oxygens (including phenoxy) is 1. The van der Waals surface area contributed by atoms with Gasteiger partial charge in [0, 0.05) is 36.2 Å². The second kappa shape index (κ2) is 12.5. The smallest absolute Gasteiger partial charge is 0.255 e. The highest BCUT2D eigenvalue weighted by Gasteiger charge is 2.29. The third-order valence-electron chi connectivity index (χ3n) is 8.14. The van der Waals surface area contributed by atoms with E-state index in [4.69, 9.17) is 19.3 Å². The second-order valence-electron chi connectivity index (χ2n) is 12.2. The van der Waals surface area contributed by atoms with E-state index in [1.54, 1.807) is 42.5 Å². The third kappa shape index (κ3) is 6.53. The fourth-order valence-corrected chi connectivity index (χ4v) is 6.62. The maximum Gasteiger partial charge on any atom is 0.255 e. The van der Waals surface area contributed by atoms with Crippen LogP contribution >= 0.6 is 0 Å². The van der Waals surface area contributed by atoms with Crippen molar-refractivity contribution in [2.75, 3.05) is 37.0 Å². The summed E-state index contributed by atoms with van der Waals surface area (Å²) in [5.74, 6) is -0.157. The van der Waals surface area contributed by atoms with Crippen LogP contribution in [0.4, 0.5) is 20.2 Å². The Morgan fingerprint density at radius 3 is 2.35 bits per heavy atom. The number of methoxy groups -OCH3 is 1. The predicted octanol–water partition coefficient (Wildman–Crippen LogP) is 7.57. The minimum atomic E-state index is -3.98. The van der Waals surface area contributed by atoms with Crippen molar-refractivity contribution in [1.82, 2.24) is 10.3 Å². The first-order valence-corrected chi connectivity index (χ1v) is 17.1. The van der Waals surface area contributed by atoms with E-state index in [9.17, 15) is 22.0 Å². The number of nitrogens with zero attached hydrogens (tertiary/aromatic N) is 2. The van der Waals surface area contributed by atoms with E-state index in [0.29, 0.717) is 50.2 Å². The van der Waals surface area contributed by atoms with Gasteiger partial charge in [-0.15, -0.1) is 0 Å². The van der Waals surface area contributed by atoms with E-state index in [-0.39, 0.29) is 41.5 Å². The number of anilines is 2. The van der Waals surface area contributed by atoms with Gasteiger partial charge in [-0.05, 0) is 80.4 Å². The number of oxazole rings is 1. The average molecular weight is 689 g/mol. The number of rotatable bonds is 10. The highest BCUT2D eigenvalue weighted by Crippen LogP contribution is 2.44. The van der Waals surface area contributed by atoms with Crippen LogP contribution in [-0.4, -0.2) is 51.9 Å². The number of carbonyl (C=O) groups excluding carboxylic acids is 1. The van der Waals surface area contributed by atoms with Gasteiger partial charge in [0.1, 0.15) is 34.1 Å². The number of amides is 1. The van der Waals surface area contributed by atoms with Crippen LogP contribution in [0.1, 0.15) is 30.6 Å². The number of aromatic nitrogens is 1. The number of carbonyl (C=O) groups is 1. The van der Waals surface area contributed by atoms with Crippen LogP contribution in [0, 0.1) is 5.82 Å². The fraction of sp³-hybridized carbons (Fsp3) is 0.222. The van der Waals surface area contributed by atoms with Crippen molar-refractivity contribution in [2.45, 2.75) is 25.9 Å². The minimum Gasteiger partial charge on any atom is -0.496 e. The summed E-state index contributed by atoms with van der Waals surface area (Å²) in [4.78, 5) is 18.0. The summed E-state index contributed by atoms with van der Waals surface area (Å²) in [6.45, 7) is 2.55. The molecule has 6 rings (SSSR count). The zero-order chi connectivity index (χ0) is 35.2. The Balaban J connectivity index is 1.66. The summed E-state index contributed by atoms with van der Waals surface area (Å²) < 4.78 is 74.5. The molecule has 0 aliphatic rings. The van der Waals surface area contributed by atoms with Gasteiger partial charge in [-0.2, -0.15) is 0 Å². The molecule has 0 atom stereocenters. The Hall–Kier alpha value is -5.43. The highest BCUT2D eigenvalue weighted by atomic mass is 32.2. The fourth-order valence-electron chi connectivity index (χ4n) is 5.68. The van der Waals surface area contributed by atoms with E-state index in [1.807, 2.05) is 0 Å². The number of nitrogen functional groups attached to an aromatic ring is 1. The number of para-hydroxylation sites is 1. The molecule has 0 radical (unpaired) electrons. The van der Waals surface area contributed by atoms with Crippen LogP contribution in [0.25, 0.3) is 56.0 Å². The van der Waals surface area contributed by atoms with Crippen LogP contribution in [0.3, 0.4) is 0 Å². The molecule has 3 N–H and O–H groups in total. The van der Waals surface area contributed by atoms with Gasteiger partial charge in [0.05, 0.1) is 35.9 Å². The SMILES string of the molecule is CNC(=O)c1c(-c2ccc(F)cc2)oc2cc(N(CCC(C)(C)F)S(C)(=O)=O)c(-c3ccc(OC)c(-c4nc5c(N)cccc5o4)c3)cc12. The number of nitrogens with two attached hydrogens (primary N) is 1. The van der Waals surface area contributed by atoms with Crippen LogP contribution < -0.4 is 20.1 Å². The van der Waals surface area contributed by atoms with Crippen molar-refractivity contribution in [2.24, 2.45) is 0 Å². The van der Waals surface area contributed by atoms with Crippen LogP contribution in [0.2, 0.25) is 0 Å². The number of sulfonamides is 1. The number of fused-ring (bicyclic) bond motifs is 2. The lowest BCUT2D eigenvalue weighted by molar-refractivity contribution is 0.0964. The maximum absolute atomic E-state index is 14.8. The molecule has 0 aliphatic heterocycles. The van der Waals surface area contributed by atoms with Gasteiger partial charge < -0.3 is 24.6 Å². The first-order valence-electron chi connectivity index (χ1n) is 15.3. The molecule has 6 aromatic rings. The molecule has 49 heavy (non-hydrogen) atoms. The van der Waals surface area contributed by atoms with Gasteiger partial charge in [0.2, 0.25) is 15.9 Å². The maximum atomic E-state index is 14.8. The third-order valence-corrected chi connectivity index (χ3v) is 9.32. The molecule has 0 bridgehead atoms. The van der Waals surface area contributed by atoms with E-state index in [0.717, 1.165) is 10.6 Å². The molecular weight excluding hydrogens is 654 g/mol. The van der Waals surface area contributed by atoms with Crippen LogP contribution in [-0.2, 0) is 10.0 Å². The Labute approximate surface area is 281 Å². The summed E-state index contributed by atoms with van der Waals surface area (Å²) in [6, 6.07) is 18.9. The van der Waals surface area contributed by atoms with Crippen molar-refractivity contribution in [1.29, 1.82) is 0 Å². The van der Waals surface area contributed by atoms with Crippen LogP contribution in [0.15, 0.2) is 81.6 Å². The monoisotopic (exact) mass is 688 g/mol. The Morgan fingerprint density at radius 1 is 1.00 bits per heavy atom. The van der Waals surface area contributed by atoms with Crippen molar-refractivity contribution in [3.8, 4) is 39.7 Å².